The van der Waals surface area contributed by atoms with Crippen molar-refractivity contribution in [1.82, 2.24) is 9.78 Å². The number of ether oxygens (including phenoxy) is 1. The van der Waals surface area contributed by atoms with Gasteiger partial charge < -0.3 is 10.5 Å². The third kappa shape index (κ3) is 2.34. The second-order valence-electron chi connectivity index (χ2n) is 5.77. The molecule has 122 valence electrons. The van der Waals surface area contributed by atoms with E-state index in [4.69, 9.17) is 10.5 Å². The van der Waals surface area contributed by atoms with E-state index in [9.17, 15) is 10.1 Å². The van der Waals surface area contributed by atoms with Crippen LogP contribution in [-0.2, 0) is 4.79 Å². The molecule has 0 saturated heterocycles. The van der Waals surface area contributed by atoms with Gasteiger partial charge in [0.1, 0.15) is 0 Å². The third-order valence-electron chi connectivity index (χ3n) is 4.30. The van der Waals surface area contributed by atoms with Crippen LogP contribution in [0.3, 0.4) is 0 Å². The Labute approximate surface area is 144 Å². The molecule has 0 fully saturated rings. The van der Waals surface area contributed by atoms with Gasteiger partial charge in [-0.3, -0.25) is 4.79 Å². The number of esters is 1. The number of aromatic nitrogens is 2. The molecule has 2 heterocycles. The maximum Gasteiger partial charge on any atom is 0.331 e. The zero-order valence-corrected chi connectivity index (χ0v) is 13.2. The van der Waals surface area contributed by atoms with Crippen LogP contribution in [0.2, 0.25) is 0 Å². The molecular formula is C19H14N4O2. The first-order chi connectivity index (χ1) is 12.2. The van der Waals surface area contributed by atoms with Gasteiger partial charge >= 0.3 is 5.97 Å². The average molecular weight is 330 g/mol. The number of carbonyl (C=O) groups excluding carboxylic acids is 1. The summed E-state index contributed by atoms with van der Waals surface area (Å²) in [6.07, 6.45) is 0. The molecule has 0 bridgehead atoms. The molecule has 3 aromatic rings. The lowest BCUT2D eigenvalue weighted by Crippen LogP contribution is -2.32. The van der Waals surface area contributed by atoms with Crippen molar-refractivity contribution in [2.45, 2.75) is 5.92 Å². The van der Waals surface area contributed by atoms with Crippen molar-refractivity contribution >= 4 is 11.8 Å². The van der Waals surface area contributed by atoms with E-state index in [1.165, 1.54) is 4.68 Å². The minimum absolute atomic E-state index is 0.250. The first kappa shape index (κ1) is 15.0. The first-order valence-corrected chi connectivity index (χ1v) is 7.80. The van der Waals surface area contributed by atoms with Gasteiger partial charge in [0.25, 0.3) is 0 Å². The van der Waals surface area contributed by atoms with Crippen LogP contribution in [0.25, 0.3) is 5.69 Å². The van der Waals surface area contributed by atoms with Gasteiger partial charge in [-0.25, -0.2) is 0 Å². The first-order valence-electron chi connectivity index (χ1n) is 7.80. The largest absolute Gasteiger partial charge is 0.406 e. The summed E-state index contributed by atoms with van der Waals surface area (Å²) in [5, 5.41) is 13.9. The van der Waals surface area contributed by atoms with Crippen LogP contribution < -0.4 is 10.5 Å². The second-order valence-corrected chi connectivity index (χ2v) is 5.77. The Hall–Kier alpha value is -3.59. The Bertz CT molecular complexity index is 974. The molecule has 0 saturated carbocycles. The molecule has 0 aliphatic carbocycles. The maximum absolute atomic E-state index is 12.4. The number of benzene rings is 2. The Morgan fingerprint density at radius 2 is 1.72 bits per heavy atom. The van der Waals surface area contributed by atoms with Crippen molar-refractivity contribution in [3.8, 4) is 17.6 Å². The number of hydrogen-bond acceptors (Lipinski definition) is 5. The molecule has 6 heteroatoms. The summed E-state index contributed by atoms with van der Waals surface area (Å²) in [6, 6.07) is 20.7. The highest BCUT2D eigenvalue weighted by Gasteiger charge is 2.43. The van der Waals surface area contributed by atoms with E-state index in [1.54, 1.807) is 0 Å². The topological polar surface area (TPSA) is 93.9 Å². The molecule has 0 radical (unpaired) electrons. The van der Waals surface area contributed by atoms with E-state index in [0.717, 1.165) is 11.3 Å². The van der Waals surface area contributed by atoms with Crippen LogP contribution in [0.1, 0.15) is 17.0 Å². The molecule has 2 N–H and O–H groups in total. The Morgan fingerprint density at radius 1 is 1.08 bits per heavy atom. The molecule has 25 heavy (non-hydrogen) atoms. The highest BCUT2D eigenvalue weighted by molar-refractivity contribution is 5.84. The van der Waals surface area contributed by atoms with Crippen molar-refractivity contribution in [3.05, 3.63) is 71.8 Å². The van der Waals surface area contributed by atoms with Crippen molar-refractivity contribution in [2.24, 2.45) is 5.92 Å². The number of nitriles is 1. The van der Waals surface area contributed by atoms with Crippen LogP contribution in [0.5, 0.6) is 5.88 Å². The summed E-state index contributed by atoms with van der Waals surface area (Å²) in [5.41, 5.74) is 8.28. The van der Waals surface area contributed by atoms with E-state index in [-0.39, 0.29) is 11.7 Å². The van der Waals surface area contributed by atoms with Crippen LogP contribution >= 0.6 is 0 Å². The molecule has 1 aromatic heterocycles. The predicted octanol–water partition coefficient (Wildman–Crippen LogP) is 2.65. The van der Waals surface area contributed by atoms with Gasteiger partial charge in [-0.1, -0.05) is 48.5 Å². The normalized spacial score (nSPS) is 18.9. The second kappa shape index (κ2) is 5.80. The summed E-state index contributed by atoms with van der Waals surface area (Å²) >= 11 is 0. The number of nitrogens with zero attached hydrogens (tertiary/aromatic N) is 3. The lowest BCUT2D eigenvalue weighted by atomic mass is 9.80. The third-order valence-corrected chi connectivity index (χ3v) is 4.30. The number of nitrogens with two attached hydrogens (primary N) is 1. The number of hydrogen-bond donors (Lipinski definition) is 1. The standard InChI is InChI=1S/C19H14N4O2/c20-11-14-15(12-7-3-1-4-8-12)16-17(21)22-23(18(16)25-19(14)24)13-9-5-2-6-10-13/h1-10,14-15H,(H2,21,22). The number of para-hydroxylation sites is 1. The monoisotopic (exact) mass is 330 g/mol. The molecule has 2 unspecified atom stereocenters. The molecular weight excluding hydrogens is 316 g/mol. The van der Waals surface area contributed by atoms with E-state index in [0.29, 0.717) is 5.56 Å². The highest BCUT2D eigenvalue weighted by Crippen LogP contribution is 2.45. The number of carbonyl (C=O) groups is 1. The number of anilines is 1. The van der Waals surface area contributed by atoms with Gasteiger partial charge in [0, 0.05) is 5.92 Å². The van der Waals surface area contributed by atoms with Gasteiger partial charge in [-0.05, 0) is 17.7 Å². The molecule has 1 aliphatic heterocycles. The zero-order chi connectivity index (χ0) is 17.4. The summed E-state index contributed by atoms with van der Waals surface area (Å²) in [7, 11) is 0. The summed E-state index contributed by atoms with van der Waals surface area (Å²) < 4.78 is 6.96. The minimum atomic E-state index is -0.967. The average Bonchev–Trinajstić information content (AvgIpc) is 2.98. The quantitative estimate of drug-likeness (QED) is 0.729. The van der Waals surface area contributed by atoms with Gasteiger partial charge in [0.05, 0.1) is 17.3 Å². The summed E-state index contributed by atoms with van der Waals surface area (Å²) in [4.78, 5) is 12.4. The molecule has 0 spiro atoms. The van der Waals surface area contributed by atoms with Gasteiger partial charge in [0.2, 0.25) is 5.88 Å². The van der Waals surface area contributed by atoms with Crippen LogP contribution in [0.15, 0.2) is 60.7 Å². The number of rotatable bonds is 2. The fraction of sp³-hybridized carbons (Fsp3) is 0.105. The Kier molecular flexibility index (Phi) is 3.47. The minimum Gasteiger partial charge on any atom is -0.406 e. The van der Waals surface area contributed by atoms with Crippen molar-refractivity contribution in [3.63, 3.8) is 0 Å². The van der Waals surface area contributed by atoms with Gasteiger partial charge in [0.15, 0.2) is 11.7 Å². The molecule has 1 aliphatic rings. The lowest BCUT2D eigenvalue weighted by molar-refractivity contribution is -0.139. The van der Waals surface area contributed by atoms with E-state index in [2.05, 4.69) is 11.2 Å². The SMILES string of the molecule is N#CC1C(=O)Oc2c(c(N)nn2-c2ccccc2)C1c1ccccc1. The maximum atomic E-state index is 12.4. The summed E-state index contributed by atoms with van der Waals surface area (Å²) in [6.45, 7) is 0. The Balaban J connectivity index is 1.95. The molecule has 0 amide bonds. The molecule has 2 aromatic carbocycles. The van der Waals surface area contributed by atoms with Crippen LogP contribution in [0.4, 0.5) is 5.82 Å². The van der Waals surface area contributed by atoms with Crippen molar-refractivity contribution < 1.29 is 9.53 Å². The fourth-order valence-electron chi connectivity index (χ4n) is 3.17. The van der Waals surface area contributed by atoms with Crippen molar-refractivity contribution in [1.29, 1.82) is 5.26 Å². The number of fused-ring (bicyclic) bond motifs is 1. The Morgan fingerprint density at radius 3 is 2.36 bits per heavy atom. The van der Waals surface area contributed by atoms with Gasteiger partial charge in [-0.2, -0.15) is 9.94 Å². The predicted molar refractivity (Wildman–Crippen MR) is 91.0 cm³/mol. The zero-order valence-electron chi connectivity index (χ0n) is 13.2. The van der Waals surface area contributed by atoms with Crippen LogP contribution in [0, 0.1) is 17.2 Å². The van der Waals surface area contributed by atoms with Crippen molar-refractivity contribution in [2.75, 3.05) is 5.73 Å². The lowest BCUT2D eigenvalue weighted by Gasteiger charge is -2.26. The van der Waals surface area contributed by atoms with E-state index >= 15 is 0 Å². The molecule has 2 atom stereocenters. The smallest absolute Gasteiger partial charge is 0.331 e. The molecule has 6 nitrogen and oxygen atoms in total. The van der Waals surface area contributed by atoms with Gasteiger partial charge in [-0.15, -0.1) is 5.10 Å². The van der Waals surface area contributed by atoms with E-state index < -0.39 is 17.8 Å². The fourth-order valence-corrected chi connectivity index (χ4v) is 3.17. The molecule has 4 rings (SSSR count). The highest BCUT2D eigenvalue weighted by atomic mass is 16.5. The van der Waals surface area contributed by atoms with E-state index in [1.807, 2.05) is 60.7 Å². The van der Waals surface area contributed by atoms with Crippen LogP contribution in [-0.4, -0.2) is 15.7 Å². The number of nitrogen functional groups attached to an aromatic ring is 1. The summed E-state index contributed by atoms with van der Waals surface area (Å²) in [5.74, 6) is -1.55.